The maximum absolute atomic E-state index is 11.8. The Hall–Kier alpha value is -2.61. The number of amides is 1. The van der Waals surface area contributed by atoms with Gasteiger partial charge in [-0.3, -0.25) is 9.59 Å². The molecule has 0 aliphatic carbocycles. The van der Waals surface area contributed by atoms with Gasteiger partial charge in [0.15, 0.2) is 11.5 Å². The molecule has 1 aromatic heterocycles. The summed E-state index contributed by atoms with van der Waals surface area (Å²) >= 11 is 1.41. The highest BCUT2D eigenvalue weighted by molar-refractivity contribution is 7.13. The number of aliphatic carboxylic acids is 1. The second-order valence-corrected chi connectivity index (χ2v) is 5.87. The van der Waals surface area contributed by atoms with Gasteiger partial charge in [0, 0.05) is 10.9 Å². The van der Waals surface area contributed by atoms with Gasteiger partial charge in [-0.2, -0.15) is 0 Å². The molecule has 0 saturated carbocycles. The van der Waals surface area contributed by atoms with E-state index in [1.807, 2.05) is 18.2 Å². The SMILES string of the molecule is CC(NC(=O)Cc1csc(-c2ccc3c(c2)OCO3)n1)C(=O)O. The molecule has 1 atom stereocenters. The number of benzene rings is 1. The van der Waals surface area contributed by atoms with E-state index in [-0.39, 0.29) is 19.1 Å². The Morgan fingerprint density at radius 1 is 1.39 bits per heavy atom. The van der Waals surface area contributed by atoms with Crippen LogP contribution in [0.15, 0.2) is 23.6 Å². The smallest absolute Gasteiger partial charge is 0.325 e. The Balaban J connectivity index is 1.68. The number of nitrogens with one attached hydrogen (secondary N) is 1. The highest BCUT2D eigenvalue weighted by Gasteiger charge is 2.17. The number of rotatable bonds is 5. The van der Waals surface area contributed by atoms with Crippen LogP contribution in [0.5, 0.6) is 11.5 Å². The van der Waals surface area contributed by atoms with Crippen LogP contribution in [0.2, 0.25) is 0 Å². The molecule has 0 spiro atoms. The third-order valence-electron chi connectivity index (χ3n) is 3.26. The lowest BCUT2D eigenvalue weighted by molar-refractivity contribution is -0.141. The molecule has 1 aliphatic rings. The Morgan fingerprint density at radius 3 is 2.96 bits per heavy atom. The predicted molar refractivity (Wildman–Crippen MR) is 82.6 cm³/mol. The lowest BCUT2D eigenvalue weighted by Crippen LogP contribution is -2.39. The van der Waals surface area contributed by atoms with E-state index in [1.165, 1.54) is 18.3 Å². The average Bonchev–Trinajstić information content (AvgIpc) is 3.14. The molecule has 7 nitrogen and oxygen atoms in total. The molecule has 0 bridgehead atoms. The molecule has 0 radical (unpaired) electrons. The normalized spacial score (nSPS) is 13.6. The minimum Gasteiger partial charge on any atom is -0.480 e. The third-order valence-corrected chi connectivity index (χ3v) is 4.20. The second kappa shape index (κ2) is 6.25. The van der Waals surface area contributed by atoms with Crippen molar-refractivity contribution in [1.82, 2.24) is 10.3 Å². The lowest BCUT2D eigenvalue weighted by Gasteiger charge is -2.07. The first-order valence-corrected chi connectivity index (χ1v) is 7.77. The monoisotopic (exact) mass is 334 g/mol. The lowest BCUT2D eigenvalue weighted by atomic mass is 10.2. The molecule has 1 amide bonds. The van der Waals surface area contributed by atoms with Gasteiger partial charge >= 0.3 is 5.97 Å². The Kier molecular flexibility index (Phi) is 4.16. The predicted octanol–water partition coefficient (Wildman–Crippen LogP) is 1.67. The highest BCUT2D eigenvalue weighted by Crippen LogP contribution is 2.36. The summed E-state index contributed by atoms with van der Waals surface area (Å²) in [6.45, 7) is 1.63. The molecular formula is C15H14N2O5S. The first-order valence-electron chi connectivity index (χ1n) is 6.89. The fourth-order valence-electron chi connectivity index (χ4n) is 2.07. The molecule has 2 N–H and O–H groups in total. The first-order chi connectivity index (χ1) is 11.0. The number of carbonyl (C=O) groups is 2. The van der Waals surface area contributed by atoms with Crippen molar-refractivity contribution in [3.8, 4) is 22.1 Å². The van der Waals surface area contributed by atoms with Gasteiger partial charge in [-0.05, 0) is 25.1 Å². The van der Waals surface area contributed by atoms with Crippen LogP contribution in [0.4, 0.5) is 0 Å². The Labute approximate surface area is 135 Å². The maximum Gasteiger partial charge on any atom is 0.325 e. The summed E-state index contributed by atoms with van der Waals surface area (Å²) in [6.07, 6.45) is 0.0403. The van der Waals surface area contributed by atoms with Crippen molar-refractivity contribution in [3.63, 3.8) is 0 Å². The van der Waals surface area contributed by atoms with Gasteiger partial charge in [-0.25, -0.2) is 4.98 Å². The molecule has 0 saturated heterocycles. The zero-order valence-corrected chi connectivity index (χ0v) is 13.1. The van der Waals surface area contributed by atoms with Gasteiger partial charge in [0.1, 0.15) is 11.0 Å². The summed E-state index contributed by atoms with van der Waals surface area (Å²) in [6, 6.07) is 4.62. The fraction of sp³-hybridized carbons (Fsp3) is 0.267. The van der Waals surface area contributed by atoms with E-state index in [1.54, 1.807) is 5.38 Å². The molecule has 120 valence electrons. The molecule has 1 aromatic carbocycles. The van der Waals surface area contributed by atoms with Crippen molar-refractivity contribution in [2.75, 3.05) is 6.79 Å². The zero-order valence-electron chi connectivity index (χ0n) is 12.2. The van der Waals surface area contributed by atoms with E-state index in [0.717, 1.165) is 10.6 Å². The molecule has 1 unspecified atom stereocenters. The van der Waals surface area contributed by atoms with E-state index >= 15 is 0 Å². The maximum atomic E-state index is 11.8. The number of hydrogen-bond donors (Lipinski definition) is 2. The van der Waals surface area contributed by atoms with Gasteiger partial charge < -0.3 is 19.9 Å². The van der Waals surface area contributed by atoms with Gasteiger partial charge in [0.05, 0.1) is 12.1 Å². The molecule has 2 heterocycles. The van der Waals surface area contributed by atoms with Gasteiger partial charge in [0.2, 0.25) is 12.7 Å². The summed E-state index contributed by atoms with van der Waals surface area (Å²) < 4.78 is 10.6. The molecule has 3 rings (SSSR count). The van der Waals surface area contributed by atoms with Crippen LogP contribution in [-0.4, -0.2) is 34.8 Å². The topological polar surface area (TPSA) is 97.8 Å². The van der Waals surface area contributed by atoms with Gasteiger partial charge in [-0.15, -0.1) is 11.3 Å². The number of carbonyl (C=O) groups excluding carboxylic acids is 1. The summed E-state index contributed by atoms with van der Waals surface area (Å²) in [5.41, 5.74) is 1.47. The van der Waals surface area contributed by atoms with Crippen LogP contribution in [0, 0.1) is 0 Å². The zero-order chi connectivity index (χ0) is 16.4. The summed E-state index contributed by atoms with van der Waals surface area (Å²) in [4.78, 5) is 26.9. The van der Waals surface area contributed by atoms with Crippen LogP contribution in [-0.2, 0) is 16.0 Å². The molecule has 23 heavy (non-hydrogen) atoms. The fourth-order valence-corrected chi connectivity index (χ4v) is 2.89. The van der Waals surface area contributed by atoms with Crippen molar-refractivity contribution in [1.29, 1.82) is 0 Å². The number of thiazole rings is 1. The van der Waals surface area contributed by atoms with E-state index in [0.29, 0.717) is 17.2 Å². The molecule has 2 aromatic rings. The van der Waals surface area contributed by atoms with Crippen LogP contribution >= 0.6 is 11.3 Å². The number of ether oxygens (including phenoxy) is 2. The Morgan fingerprint density at radius 2 is 2.17 bits per heavy atom. The number of nitrogens with zero attached hydrogens (tertiary/aromatic N) is 1. The van der Waals surface area contributed by atoms with Crippen LogP contribution in [0.1, 0.15) is 12.6 Å². The molecule has 1 aliphatic heterocycles. The number of hydrogen-bond acceptors (Lipinski definition) is 6. The largest absolute Gasteiger partial charge is 0.480 e. The Bertz CT molecular complexity index is 758. The average molecular weight is 334 g/mol. The molecule has 8 heteroatoms. The van der Waals surface area contributed by atoms with Crippen LogP contribution in [0.3, 0.4) is 0 Å². The molecular weight excluding hydrogens is 320 g/mol. The summed E-state index contributed by atoms with van der Waals surface area (Å²) in [5.74, 6) is -0.0695. The number of carboxylic acids is 1. The minimum atomic E-state index is -1.07. The van der Waals surface area contributed by atoms with Crippen molar-refractivity contribution < 1.29 is 24.2 Å². The number of carboxylic acid groups (broad SMARTS) is 1. The molecule has 0 fully saturated rings. The van der Waals surface area contributed by atoms with Crippen LogP contribution < -0.4 is 14.8 Å². The van der Waals surface area contributed by atoms with E-state index in [4.69, 9.17) is 14.6 Å². The second-order valence-electron chi connectivity index (χ2n) is 5.02. The third kappa shape index (κ3) is 3.42. The van der Waals surface area contributed by atoms with Crippen molar-refractivity contribution >= 4 is 23.2 Å². The quantitative estimate of drug-likeness (QED) is 0.863. The van der Waals surface area contributed by atoms with Gasteiger partial charge in [0.25, 0.3) is 0 Å². The summed E-state index contributed by atoms with van der Waals surface area (Å²) in [7, 11) is 0. The summed E-state index contributed by atoms with van der Waals surface area (Å²) in [5, 5.41) is 13.7. The standard InChI is InChI=1S/C15H14N2O5S/c1-8(15(19)20)16-13(18)5-10-6-23-14(17-10)9-2-3-11-12(4-9)22-7-21-11/h2-4,6,8H,5,7H2,1H3,(H,16,18)(H,19,20). The first kappa shape index (κ1) is 15.3. The highest BCUT2D eigenvalue weighted by atomic mass is 32.1. The van der Waals surface area contributed by atoms with E-state index in [9.17, 15) is 9.59 Å². The number of fused-ring (bicyclic) bond motifs is 1. The van der Waals surface area contributed by atoms with Gasteiger partial charge in [-0.1, -0.05) is 0 Å². The van der Waals surface area contributed by atoms with E-state index < -0.39 is 12.0 Å². The van der Waals surface area contributed by atoms with E-state index in [2.05, 4.69) is 10.3 Å². The van der Waals surface area contributed by atoms with Crippen molar-refractivity contribution in [2.24, 2.45) is 0 Å². The van der Waals surface area contributed by atoms with Crippen molar-refractivity contribution in [2.45, 2.75) is 19.4 Å². The number of aromatic nitrogens is 1. The van der Waals surface area contributed by atoms with Crippen LogP contribution in [0.25, 0.3) is 10.6 Å². The minimum absolute atomic E-state index is 0.0403. The van der Waals surface area contributed by atoms with Crippen molar-refractivity contribution in [3.05, 3.63) is 29.3 Å².